The highest BCUT2D eigenvalue weighted by Gasteiger charge is 2.31. The zero-order valence-electron chi connectivity index (χ0n) is 16.4. The third-order valence-corrected chi connectivity index (χ3v) is 7.74. The number of fused-ring (bicyclic) bond motifs is 1. The predicted octanol–water partition coefficient (Wildman–Crippen LogP) is 4.57. The Morgan fingerprint density at radius 1 is 1.07 bits per heavy atom. The number of aromatic hydroxyl groups is 2. The summed E-state index contributed by atoms with van der Waals surface area (Å²) < 4.78 is 11.3. The topological polar surface area (TPSA) is 58.9 Å². The Bertz CT molecular complexity index is 756. The SMILES string of the molecule is CCC(c1cc(O)cc2c1CC(c1ccc(O)cc1)CCC2)[Si](OC)OC. The Kier molecular flexibility index (Phi) is 6.58. The van der Waals surface area contributed by atoms with E-state index in [4.69, 9.17) is 8.85 Å². The number of phenols is 2. The molecule has 0 aromatic heterocycles. The molecule has 2 unspecified atom stereocenters. The standard InChI is InChI=1S/C22H29O4Si/c1-4-22(27(25-2)26-3)21-14-19(24)12-17-7-5-6-16(13-20(17)21)15-8-10-18(23)11-9-15/h8-12,14,16,22-24H,4-7,13H2,1-3H3. The highest BCUT2D eigenvalue weighted by Crippen LogP contribution is 2.39. The molecule has 1 aliphatic carbocycles. The monoisotopic (exact) mass is 385 g/mol. The molecule has 1 radical (unpaired) electrons. The molecule has 0 amide bonds. The van der Waals surface area contributed by atoms with Crippen molar-refractivity contribution in [1.29, 1.82) is 0 Å². The number of hydrogen-bond acceptors (Lipinski definition) is 4. The smallest absolute Gasteiger partial charge is 0.392 e. The molecule has 2 aromatic carbocycles. The van der Waals surface area contributed by atoms with E-state index in [1.807, 2.05) is 24.3 Å². The van der Waals surface area contributed by atoms with Gasteiger partial charge in [0.15, 0.2) is 0 Å². The van der Waals surface area contributed by atoms with Gasteiger partial charge in [0.25, 0.3) is 0 Å². The quantitative estimate of drug-likeness (QED) is 0.565. The molecule has 0 aliphatic heterocycles. The van der Waals surface area contributed by atoms with Gasteiger partial charge in [0.1, 0.15) is 11.5 Å². The summed E-state index contributed by atoms with van der Waals surface area (Å²) in [5.74, 6) is 1.05. The van der Waals surface area contributed by atoms with Crippen LogP contribution in [0, 0.1) is 0 Å². The Morgan fingerprint density at radius 3 is 2.41 bits per heavy atom. The molecule has 4 nitrogen and oxygen atoms in total. The highest BCUT2D eigenvalue weighted by atomic mass is 28.3. The minimum absolute atomic E-state index is 0.171. The number of aryl methyl sites for hydroxylation is 1. The van der Waals surface area contributed by atoms with Gasteiger partial charge in [-0.05, 0) is 84.5 Å². The zero-order chi connectivity index (χ0) is 19.4. The molecule has 2 atom stereocenters. The van der Waals surface area contributed by atoms with Crippen LogP contribution in [0.4, 0.5) is 0 Å². The zero-order valence-corrected chi connectivity index (χ0v) is 17.4. The van der Waals surface area contributed by atoms with Crippen molar-refractivity contribution in [3.63, 3.8) is 0 Å². The van der Waals surface area contributed by atoms with Gasteiger partial charge in [-0.2, -0.15) is 0 Å². The molecular formula is C22H29O4Si. The van der Waals surface area contributed by atoms with Crippen LogP contribution < -0.4 is 0 Å². The molecule has 3 rings (SSSR count). The first-order chi connectivity index (χ1) is 13.1. The minimum atomic E-state index is -1.46. The first-order valence-electron chi connectivity index (χ1n) is 9.65. The first kappa shape index (κ1) is 19.9. The van der Waals surface area contributed by atoms with Crippen LogP contribution in [-0.2, 0) is 21.7 Å². The van der Waals surface area contributed by atoms with Crippen LogP contribution in [0.25, 0.3) is 0 Å². The average Bonchev–Trinajstić information content (AvgIpc) is 2.88. The average molecular weight is 386 g/mol. The lowest BCUT2D eigenvalue weighted by molar-refractivity contribution is 0.265. The summed E-state index contributed by atoms with van der Waals surface area (Å²) in [6.07, 6.45) is 5.02. The molecule has 0 saturated carbocycles. The summed E-state index contributed by atoms with van der Waals surface area (Å²) in [6.45, 7) is 2.15. The van der Waals surface area contributed by atoms with Crippen molar-refractivity contribution in [2.75, 3.05) is 14.2 Å². The molecule has 2 aromatic rings. The molecule has 0 bridgehead atoms. The summed E-state index contributed by atoms with van der Waals surface area (Å²) in [5, 5.41) is 20.0. The van der Waals surface area contributed by atoms with Gasteiger partial charge in [0.05, 0.1) is 0 Å². The summed E-state index contributed by atoms with van der Waals surface area (Å²) in [4.78, 5) is 0. The van der Waals surface area contributed by atoms with Gasteiger partial charge in [-0.1, -0.05) is 19.1 Å². The highest BCUT2D eigenvalue weighted by molar-refractivity contribution is 6.46. The lowest BCUT2D eigenvalue weighted by Gasteiger charge is -2.26. The van der Waals surface area contributed by atoms with Crippen molar-refractivity contribution >= 4 is 9.28 Å². The van der Waals surface area contributed by atoms with Crippen molar-refractivity contribution in [2.24, 2.45) is 0 Å². The van der Waals surface area contributed by atoms with E-state index in [9.17, 15) is 10.2 Å². The van der Waals surface area contributed by atoms with Gasteiger partial charge in [0, 0.05) is 19.8 Å². The fourth-order valence-corrected chi connectivity index (χ4v) is 5.90. The van der Waals surface area contributed by atoms with Gasteiger partial charge in [-0.3, -0.25) is 0 Å². The van der Waals surface area contributed by atoms with Crippen LogP contribution in [0.1, 0.15) is 59.9 Å². The molecule has 1 aliphatic rings. The lowest BCUT2D eigenvalue weighted by atomic mass is 9.87. The van der Waals surface area contributed by atoms with Crippen LogP contribution in [0.15, 0.2) is 36.4 Å². The predicted molar refractivity (Wildman–Crippen MR) is 108 cm³/mol. The molecule has 0 spiro atoms. The second kappa shape index (κ2) is 8.91. The maximum atomic E-state index is 10.3. The normalized spacial score (nSPS) is 18.1. The van der Waals surface area contributed by atoms with Crippen molar-refractivity contribution < 1.29 is 19.1 Å². The fourth-order valence-electron chi connectivity index (χ4n) is 4.32. The Labute approximate surface area is 163 Å². The molecule has 5 heteroatoms. The van der Waals surface area contributed by atoms with Crippen LogP contribution in [0.2, 0.25) is 0 Å². The maximum absolute atomic E-state index is 10.3. The van der Waals surface area contributed by atoms with Crippen molar-refractivity contribution in [3.8, 4) is 11.5 Å². The number of phenolic OH excluding ortho intramolecular Hbond substituents is 2. The fraction of sp³-hybridized carbons (Fsp3) is 0.455. The molecule has 145 valence electrons. The number of benzene rings is 2. The van der Waals surface area contributed by atoms with Gasteiger partial charge < -0.3 is 19.1 Å². The molecule has 0 heterocycles. The number of hydrogen-bond donors (Lipinski definition) is 2. The Balaban J connectivity index is 2.02. The van der Waals surface area contributed by atoms with Crippen molar-refractivity contribution in [3.05, 3.63) is 58.7 Å². The van der Waals surface area contributed by atoms with E-state index in [0.717, 1.165) is 32.1 Å². The van der Waals surface area contributed by atoms with E-state index in [-0.39, 0.29) is 5.54 Å². The van der Waals surface area contributed by atoms with E-state index in [0.29, 0.717) is 17.4 Å². The van der Waals surface area contributed by atoms with E-state index in [1.54, 1.807) is 26.4 Å². The van der Waals surface area contributed by atoms with Crippen molar-refractivity contribution in [1.82, 2.24) is 0 Å². The van der Waals surface area contributed by atoms with Crippen molar-refractivity contribution in [2.45, 2.75) is 50.5 Å². The van der Waals surface area contributed by atoms with E-state index < -0.39 is 9.28 Å². The van der Waals surface area contributed by atoms with E-state index >= 15 is 0 Å². The Morgan fingerprint density at radius 2 is 1.78 bits per heavy atom. The van der Waals surface area contributed by atoms with Crippen LogP contribution in [0.3, 0.4) is 0 Å². The number of rotatable bonds is 6. The third-order valence-electron chi connectivity index (χ3n) is 5.65. The molecule has 0 fully saturated rings. The van der Waals surface area contributed by atoms with E-state index in [2.05, 4.69) is 6.92 Å². The summed E-state index contributed by atoms with van der Waals surface area (Å²) in [7, 11) is 1.96. The third kappa shape index (κ3) is 4.37. The van der Waals surface area contributed by atoms with Crippen LogP contribution >= 0.6 is 0 Å². The van der Waals surface area contributed by atoms with Crippen LogP contribution in [0.5, 0.6) is 11.5 Å². The minimum Gasteiger partial charge on any atom is -0.508 e. The molecule has 27 heavy (non-hydrogen) atoms. The second-order valence-electron chi connectivity index (χ2n) is 7.25. The molecule has 2 N–H and O–H groups in total. The van der Waals surface area contributed by atoms with Gasteiger partial charge >= 0.3 is 9.28 Å². The summed E-state index contributed by atoms with van der Waals surface area (Å²) >= 11 is 0. The maximum Gasteiger partial charge on any atom is 0.392 e. The molecular weight excluding hydrogens is 356 g/mol. The van der Waals surface area contributed by atoms with E-state index in [1.165, 1.54) is 22.3 Å². The largest absolute Gasteiger partial charge is 0.508 e. The lowest BCUT2D eigenvalue weighted by Crippen LogP contribution is -2.29. The van der Waals surface area contributed by atoms with Gasteiger partial charge in [-0.25, -0.2) is 0 Å². The summed E-state index contributed by atoms with van der Waals surface area (Å²) in [5.41, 5.74) is 5.20. The van der Waals surface area contributed by atoms with Crippen LogP contribution in [-0.4, -0.2) is 33.7 Å². The Hall–Kier alpha value is -1.82. The second-order valence-corrected chi connectivity index (χ2v) is 9.40. The first-order valence-corrected chi connectivity index (χ1v) is 11.0. The van der Waals surface area contributed by atoms with Gasteiger partial charge in [-0.15, -0.1) is 0 Å². The summed E-state index contributed by atoms with van der Waals surface area (Å²) in [6, 6.07) is 11.4. The van der Waals surface area contributed by atoms with Gasteiger partial charge in [0.2, 0.25) is 0 Å². The molecule has 0 saturated heterocycles.